The lowest BCUT2D eigenvalue weighted by Gasteiger charge is -2.39. The second-order valence-corrected chi connectivity index (χ2v) is 7.16. The normalized spacial score (nSPS) is 15.8. The molecule has 1 saturated heterocycles. The highest BCUT2D eigenvalue weighted by Crippen LogP contribution is 2.20. The van der Waals surface area contributed by atoms with Crippen molar-refractivity contribution >= 4 is 51.7 Å². The van der Waals surface area contributed by atoms with Gasteiger partial charge >= 0.3 is 12.0 Å². The number of hydrogen-bond donors (Lipinski definition) is 3. The molecule has 31 heavy (non-hydrogen) atoms. The second-order valence-electron chi connectivity index (χ2n) is 6.27. The Morgan fingerprint density at radius 1 is 1.39 bits per heavy atom. The van der Waals surface area contributed by atoms with Crippen molar-refractivity contribution in [3.05, 3.63) is 41.4 Å². The highest BCUT2D eigenvalue weighted by molar-refractivity contribution is 7.13. The van der Waals surface area contributed by atoms with E-state index in [1.54, 1.807) is 30.3 Å². The first-order chi connectivity index (χ1) is 14.8. The number of nitrogens with two attached hydrogens (primary N) is 1. The first kappa shape index (κ1) is 21.7. The van der Waals surface area contributed by atoms with Crippen molar-refractivity contribution in [2.75, 3.05) is 30.8 Å². The molecule has 0 spiro atoms. The van der Waals surface area contributed by atoms with E-state index in [2.05, 4.69) is 20.3 Å². The number of carboxylic acid groups (broad SMARTS) is 1. The summed E-state index contributed by atoms with van der Waals surface area (Å²) in [4.78, 5) is 59.4. The van der Waals surface area contributed by atoms with Crippen molar-refractivity contribution in [3.63, 3.8) is 0 Å². The van der Waals surface area contributed by atoms with Crippen LogP contribution in [0.4, 0.5) is 15.6 Å². The molecule has 1 aromatic carbocycles. The number of hydrogen-bond acceptors (Lipinski definition) is 9. The van der Waals surface area contributed by atoms with Crippen LogP contribution in [0.15, 0.2) is 40.9 Å². The van der Waals surface area contributed by atoms with Gasteiger partial charge < -0.3 is 21.0 Å². The summed E-state index contributed by atoms with van der Waals surface area (Å²) in [6.07, 6.45) is 0. The molecule has 0 radical (unpaired) electrons. The van der Waals surface area contributed by atoms with Gasteiger partial charge in [0, 0.05) is 11.1 Å². The zero-order chi connectivity index (χ0) is 22.5. The lowest BCUT2D eigenvalue weighted by atomic mass is 10.1. The summed E-state index contributed by atoms with van der Waals surface area (Å²) < 4.78 is 0. The molecule has 2 heterocycles. The predicted molar refractivity (Wildman–Crippen MR) is 111 cm³/mol. The molecule has 1 atom stereocenters. The summed E-state index contributed by atoms with van der Waals surface area (Å²) in [6.45, 7) is -0.759. The number of carboxylic acids is 1. The number of para-hydroxylation sites is 1. The lowest BCUT2D eigenvalue weighted by Crippen LogP contribution is -2.68. The van der Waals surface area contributed by atoms with Crippen LogP contribution < -0.4 is 16.0 Å². The first-order valence-corrected chi connectivity index (χ1v) is 9.73. The predicted octanol–water partition coefficient (Wildman–Crippen LogP) is 0.114. The average Bonchev–Trinajstić information content (AvgIpc) is 3.18. The van der Waals surface area contributed by atoms with Crippen LogP contribution in [-0.4, -0.2) is 70.8 Å². The van der Waals surface area contributed by atoms with E-state index < -0.39 is 36.4 Å². The van der Waals surface area contributed by atoms with Crippen LogP contribution in [0.3, 0.4) is 0 Å². The van der Waals surface area contributed by atoms with E-state index in [0.717, 1.165) is 21.1 Å². The monoisotopic (exact) mass is 446 g/mol. The molecule has 0 bridgehead atoms. The number of aliphatic carboxylic acids is 1. The van der Waals surface area contributed by atoms with Crippen LogP contribution in [0.25, 0.3) is 0 Å². The summed E-state index contributed by atoms with van der Waals surface area (Å²) in [7, 11) is 1.25. The Kier molecular flexibility index (Phi) is 6.45. The third-order valence-electron chi connectivity index (χ3n) is 4.22. The number of benzene rings is 1. The largest absolute Gasteiger partial charge is 0.480 e. The average molecular weight is 446 g/mol. The molecular formula is C18H18N6O6S. The molecule has 3 rings (SSSR count). The number of oxime groups is 1. The number of nitrogen functional groups attached to an aromatic ring is 1. The number of imide groups is 1. The van der Waals surface area contributed by atoms with Crippen LogP contribution in [-0.2, 0) is 19.2 Å². The van der Waals surface area contributed by atoms with E-state index in [1.807, 2.05) is 0 Å². The molecular weight excluding hydrogens is 428 g/mol. The number of thiazole rings is 1. The molecule has 0 unspecified atom stereocenters. The minimum atomic E-state index is -1.24. The fourth-order valence-corrected chi connectivity index (χ4v) is 3.33. The molecule has 4 amide bonds. The SMILES string of the molecule is CON=C(C(=O)N[C@H]1CN(C(=O)N(CC(=O)O)c2ccccc2)C1=O)c1csc(N)n1. The minimum Gasteiger partial charge on any atom is -0.480 e. The van der Waals surface area contributed by atoms with Gasteiger partial charge in [0.05, 0.1) is 6.54 Å². The van der Waals surface area contributed by atoms with E-state index in [9.17, 15) is 19.2 Å². The number of nitrogens with one attached hydrogen (secondary N) is 1. The number of nitrogens with zero attached hydrogens (tertiary/aromatic N) is 4. The highest BCUT2D eigenvalue weighted by atomic mass is 32.1. The third kappa shape index (κ3) is 4.78. The Morgan fingerprint density at radius 3 is 2.65 bits per heavy atom. The van der Waals surface area contributed by atoms with Gasteiger partial charge in [0.2, 0.25) is 0 Å². The molecule has 0 aliphatic carbocycles. The van der Waals surface area contributed by atoms with Crippen LogP contribution in [0.2, 0.25) is 0 Å². The van der Waals surface area contributed by atoms with Gasteiger partial charge in [0.1, 0.15) is 25.4 Å². The standard InChI is InChI=1S/C18H18N6O6S/c1-30-22-14(12-9-31-17(19)21-12)15(27)20-11-7-24(16(11)28)18(29)23(8-13(25)26)10-5-3-2-4-6-10/h2-6,9,11H,7-8H2,1H3,(H2,19,21)(H,20,27)(H,25,26)/t11-/m0/s1. The lowest BCUT2D eigenvalue weighted by molar-refractivity contribution is -0.141. The van der Waals surface area contributed by atoms with E-state index >= 15 is 0 Å². The van der Waals surface area contributed by atoms with Crippen molar-refractivity contribution in [2.24, 2.45) is 5.16 Å². The highest BCUT2D eigenvalue weighted by Gasteiger charge is 2.44. The number of carbonyl (C=O) groups is 4. The summed E-state index contributed by atoms with van der Waals surface area (Å²) in [5.41, 5.74) is 5.90. The Balaban J connectivity index is 1.68. The van der Waals surface area contributed by atoms with Crippen LogP contribution in [0.5, 0.6) is 0 Å². The molecule has 1 aliphatic rings. The van der Waals surface area contributed by atoms with Crippen LogP contribution >= 0.6 is 11.3 Å². The van der Waals surface area contributed by atoms with Crippen molar-refractivity contribution in [1.82, 2.24) is 15.2 Å². The van der Waals surface area contributed by atoms with Gasteiger partial charge in [-0.25, -0.2) is 9.78 Å². The van der Waals surface area contributed by atoms with Crippen LogP contribution in [0.1, 0.15) is 5.69 Å². The van der Waals surface area contributed by atoms with Gasteiger partial charge in [0.25, 0.3) is 11.8 Å². The van der Waals surface area contributed by atoms with E-state index in [4.69, 9.17) is 10.8 Å². The number of rotatable bonds is 7. The summed E-state index contributed by atoms with van der Waals surface area (Å²) >= 11 is 1.10. The van der Waals surface area contributed by atoms with Gasteiger partial charge in [-0.2, -0.15) is 0 Å². The van der Waals surface area contributed by atoms with E-state index in [-0.39, 0.29) is 23.1 Å². The van der Waals surface area contributed by atoms with E-state index in [1.165, 1.54) is 12.5 Å². The number of anilines is 2. The number of likely N-dealkylation sites (tertiary alicyclic amines) is 1. The maximum absolute atomic E-state index is 12.8. The van der Waals surface area contributed by atoms with Gasteiger partial charge in [-0.05, 0) is 12.1 Å². The molecule has 4 N–H and O–H groups in total. The fourth-order valence-electron chi connectivity index (χ4n) is 2.78. The Hall–Kier alpha value is -4.00. The smallest absolute Gasteiger partial charge is 0.331 e. The number of aromatic nitrogens is 1. The van der Waals surface area contributed by atoms with Gasteiger partial charge in [-0.15, -0.1) is 11.3 Å². The number of urea groups is 1. The Bertz CT molecular complexity index is 1040. The molecule has 1 aromatic heterocycles. The molecule has 1 aliphatic heterocycles. The zero-order valence-electron chi connectivity index (χ0n) is 16.2. The molecule has 162 valence electrons. The van der Waals surface area contributed by atoms with Crippen molar-refractivity contribution in [1.29, 1.82) is 0 Å². The van der Waals surface area contributed by atoms with E-state index in [0.29, 0.717) is 5.69 Å². The Labute approximate surface area is 179 Å². The quantitative estimate of drug-likeness (QED) is 0.306. The molecule has 1 fully saturated rings. The number of β-lactam (4-membered cyclic amide) rings is 1. The Morgan fingerprint density at radius 2 is 2.10 bits per heavy atom. The molecule has 12 nitrogen and oxygen atoms in total. The maximum Gasteiger partial charge on any atom is 0.331 e. The summed E-state index contributed by atoms with van der Waals surface area (Å²) in [5.74, 6) is -2.65. The summed E-state index contributed by atoms with van der Waals surface area (Å²) in [5, 5.41) is 17.0. The number of amides is 4. The van der Waals surface area contributed by atoms with Crippen molar-refractivity contribution in [2.45, 2.75) is 6.04 Å². The van der Waals surface area contributed by atoms with Crippen molar-refractivity contribution < 1.29 is 29.1 Å². The minimum absolute atomic E-state index is 0.133. The van der Waals surface area contributed by atoms with Crippen molar-refractivity contribution in [3.8, 4) is 0 Å². The first-order valence-electron chi connectivity index (χ1n) is 8.85. The second kappa shape index (κ2) is 9.21. The zero-order valence-corrected chi connectivity index (χ0v) is 17.0. The van der Waals surface area contributed by atoms with Crippen LogP contribution in [0, 0.1) is 0 Å². The molecule has 13 heteroatoms. The number of carbonyl (C=O) groups excluding carboxylic acids is 3. The fraction of sp³-hybridized carbons (Fsp3) is 0.222. The topological polar surface area (TPSA) is 168 Å². The van der Waals surface area contributed by atoms with Gasteiger partial charge in [0.15, 0.2) is 10.8 Å². The molecule has 0 saturated carbocycles. The summed E-state index contributed by atoms with van der Waals surface area (Å²) in [6, 6.07) is 6.30. The van der Waals surface area contributed by atoms with Gasteiger partial charge in [-0.1, -0.05) is 23.4 Å². The maximum atomic E-state index is 12.8. The third-order valence-corrected chi connectivity index (χ3v) is 4.89. The van der Waals surface area contributed by atoms with Gasteiger partial charge in [-0.3, -0.25) is 24.2 Å². The molecule has 2 aromatic rings.